The van der Waals surface area contributed by atoms with Crippen molar-refractivity contribution in [2.24, 2.45) is 5.92 Å². The molecule has 0 saturated heterocycles. The number of hydrogen-bond donors (Lipinski definition) is 1. The first-order valence-corrected chi connectivity index (χ1v) is 5.72. The molecule has 90 valence electrons. The molecule has 3 heteroatoms. The third kappa shape index (κ3) is 3.56. The molecule has 0 aromatic heterocycles. The van der Waals surface area contributed by atoms with Crippen LogP contribution < -0.4 is 5.32 Å². The molecule has 0 amide bonds. The summed E-state index contributed by atoms with van der Waals surface area (Å²) in [5, 5.41) is 3.25. The highest BCUT2D eigenvalue weighted by Gasteiger charge is 2.10. The van der Waals surface area contributed by atoms with Crippen molar-refractivity contribution in [2.75, 3.05) is 0 Å². The topological polar surface area (TPSA) is 12.0 Å². The van der Waals surface area contributed by atoms with E-state index >= 15 is 0 Å². The van der Waals surface area contributed by atoms with Gasteiger partial charge in [0.05, 0.1) is 0 Å². The number of halogens is 2. The average Bonchev–Trinajstić information content (AvgIpc) is 2.26. The summed E-state index contributed by atoms with van der Waals surface area (Å²) in [5.74, 6) is -0.469. The lowest BCUT2D eigenvalue weighted by Gasteiger charge is -2.20. The predicted octanol–water partition coefficient (Wildman–Crippen LogP) is 3.49. The van der Waals surface area contributed by atoms with E-state index in [0.717, 1.165) is 12.5 Å². The van der Waals surface area contributed by atoms with Crippen LogP contribution in [0, 0.1) is 17.6 Å². The molecule has 2 unspecified atom stereocenters. The van der Waals surface area contributed by atoms with E-state index < -0.39 is 11.6 Å². The summed E-state index contributed by atoms with van der Waals surface area (Å²) < 4.78 is 26.0. The van der Waals surface area contributed by atoms with Gasteiger partial charge in [-0.25, -0.2) is 8.78 Å². The molecule has 0 saturated carbocycles. The second-order valence-corrected chi connectivity index (χ2v) is 4.29. The molecule has 1 rings (SSSR count). The molecule has 1 N–H and O–H groups in total. The van der Waals surface area contributed by atoms with Gasteiger partial charge in [0, 0.05) is 24.2 Å². The third-order valence-corrected chi connectivity index (χ3v) is 3.13. The fraction of sp³-hybridized carbons (Fsp3) is 0.538. The van der Waals surface area contributed by atoms with Crippen LogP contribution in [0.25, 0.3) is 0 Å². The van der Waals surface area contributed by atoms with Crippen molar-refractivity contribution in [3.8, 4) is 0 Å². The van der Waals surface area contributed by atoms with Gasteiger partial charge in [0.15, 0.2) is 0 Å². The Morgan fingerprint density at radius 3 is 2.50 bits per heavy atom. The summed E-state index contributed by atoms with van der Waals surface area (Å²) >= 11 is 0. The average molecular weight is 227 g/mol. The Kier molecular flexibility index (Phi) is 4.87. The van der Waals surface area contributed by atoms with E-state index in [1.54, 1.807) is 0 Å². The van der Waals surface area contributed by atoms with Gasteiger partial charge in [-0.1, -0.05) is 26.3 Å². The minimum atomic E-state index is -0.531. The first kappa shape index (κ1) is 13.1. The highest BCUT2D eigenvalue weighted by Crippen LogP contribution is 2.11. The SMILES string of the molecule is CCC(C)C(C)NCc1ccc(F)cc1F. The molecule has 0 aliphatic carbocycles. The Balaban J connectivity index is 2.54. The van der Waals surface area contributed by atoms with Crippen LogP contribution in [0.4, 0.5) is 8.78 Å². The first-order chi connectivity index (χ1) is 7.54. The maximum Gasteiger partial charge on any atom is 0.130 e. The zero-order valence-electron chi connectivity index (χ0n) is 10.1. The monoisotopic (exact) mass is 227 g/mol. The van der Waals surface area contributed by atoms with Crippen molar-refractivity contribution in [2.45, 2.75) is 39.8 Å². The molecule has 0 radical (unpaired) electrons. The van der Waals surface area contributed by atoms with Gasteiger partial charge in [0.25, 0.3) is 0 Å². The molecular weight excluding hydrogens is 208 g/mol. The van der Waals surface area contributed by atoms with Crippen LogP contribution in [0.2, 0.25) is 0 Å². The van der Waals surface area contributed by atoms with Crippen molar-refractivity contribution >= 4 is 0 Å². The van der Waals surface area contributed by atoms with E-state index in [9.17, 15) is 8.78 Å². The molecule has 0 heterocycles. The summed E-state index contributed by atoms with van der Waals surface area (Å²) in [5.41, 5.74) is 0.511. The first-order valence-electron chi connectivity index (χ1n) is 5.72. The molecular formula is C13H19F2N. The largest absolute Gasteiger partial charge is 0.310 e. The lowest BCUT2D eigenvalue weighted by atomic mass is 10.0. The number of hydrogen-bond acceptors (Lipinski definition) is 1. The Bertz CT molecular complexity index is 339. The van der Waals surface area contributed by atoms with E-state index in [1.807, 2.05) is 0 Å². The molecule has 2 atom stereocenters. The van der Waals surface area contributed by atoms with E-state index in [4.69, 9.17) is 0 Å². The van der Waals surface area contributed by atoms with E-state index in [0.29, 0.717) is 24.1 Å². The van der Waals surface area contributed by atoms with Crippen molar-refractivity contribution in [1.29, 1.82) is 0 Å². The van der Waals surface area contributed by atoms with Crippen LogP contribution in [0.1, 0.15) is 32.8 Å². The zero-order chi connectivity index (χ0) is 12.1. The highest BCUT2D eigenvalue weighted by molar-refractivity contribution is 5.18. The number of rotatable bonds is 5. The highest BCUT2D eigenvalue weighted by atomic mass is 19.1. The van der Waals surface area contributed by atoms with Crippen molar-refractivity contribution in [1.82, 2.24) is 5.32 Å². The smallest absolute Gasteiger partial charge is 0.130 e. The van der Waals surface area contributed by atoms with Gasteiger partial charge in [0.1, 0.15) is 11.6 Å². The van der Waals surface area contributed by atoms with Crippen LogP contribution >= 0.6 is 0 Å². The standard InChI is InChI=1S/C13H19F2N/c1-4-9(2)10(3)16-8-11-5-6-12(14)7-13(11)15/h5-7,9-10,16H,4,8H2,1-3H3. The van der Waals surface area contributed by atoms with Crippen LogP contribution in [-0.4, -0.2) is 6.04 Å². The van der Waals surface area contributed by atoms with E-state index in [1.165, 1.54) is 12.1 Å². The van der Waals surface area contributed by atoms with Crippen molar-refractivity contribution in [3.05, 3.63) is 35.4 Å². The molecule has 0 spiro atoms. The minimum absolute atomic E-state index is 0.328. The van der Waals surface area contributed by atoms with Gasteiger partial charge in [-0.15, -0.1) is 0 Å². The zero-order valence-corrected chi connectivity index (χ0v) is 10.1. The molecule has 0 aliphatic heterocycles. The second kappa shape index (κ2) is 5.94. The summed E-state index contributed by atoms with van der Waals surface area (Å²) in [6, 6.07) is 4.02. The predicted molar refractivity (Wildman–Crippen MR) is 62.1 cm³/mol. The third-order valence-electron chi connectivity index (χ3n) is 3.13. The Morgan fingerprint density at radius 1 is 1.25 bits per heavy atom. The van der Waals surface area contributed by atoms with Crippen LogP contribution in [-0.2, 0) is 6.54 Å². The summed E-state index contributed by atoms with van der Waals surface area (Å²) in [4.78, 5) is 0. The van der Waals surface area contributed by atoms with Gasteiger partial charge in [-0.05, 0) is 18.9 Å². The Hall–Kier alpha value is -0.960. The van der Waals surface area contributed by atoms with Crippen molar-refractivity contribution in [3.63, 3.8) is 0 Å². The normalized spacial score (nSPS) is 14.8. The maximum atomic E-state index is 13.3. The quantitative estimate of drug-likeness (QED) is 0.812. The van der Waals surface area contributed by atoms with Gasteiger partial charge in [0.2, 0.25) is 0 Å². The van der Waals surface area contributed by atoms with E-state index in [2.05, 4.69) is 26.1 Å². The van der Waals surface area contributed by atoms with E-state index in [-0.39, 0.29) is 0 Å². The van der Waals surface area contributed by atoms with Crippen molar-refractivity contribution < 1.29 is 8.78 Å². The van der Waals surface area contributed by atoms with Crippen LogP contribution in [0.5, 0.6) is 0 Å². The van der Waals surface area contributed by atoms with Gasteiger partial charge >= 0.3 is 0 Å². The van der Waals surface area contributed by atoms with Crippen LogP contribution in [0.15, 0.2) is 18.2 Å². The van der Waals surface area contributed by atoms with Gasteiger partial charge in [-0.2, -0.15) is 0 Å². The van der Waals surface area contributed by atoms with Gasteiger partial charge < -0.3 is 5.32 Å². The number of benzene rings is 1. The molecule has 0 aliphatic rings. The maximum absolute atomic E-state index is 13.3. The fourth-order valence-corrected chi connectivity index (χ4v) is 1.49. The lowest BCUT2D eigenvalue weighted by Crippen LogP contribution is -2.31. The lowest BCUT2D eigenvalue weighted by molar-refractivity contribution is 0.386. The summed E-state index contributed by atoms with van der Waals surface area (Å²) in [6.45, 7) is 6.80. The number of nitrogens with one attached hydrogen (secondary N) is 1. The Morgan fingerprint density at radius 2 is 1.94 bits per heavy atom. The molecule has 1 nitrogen and oxygen atoms in total. The molecule has 1 aromatic rings. The summed E-state index contributed by atoms with van der Waals surface area (Å²) in [6.07, 6.45) is 1.08. The Labute approximate surface area is 95.9 Å². The second-order valence-electron chi connectivity index (χ2n) is 4.29. The minimum Gasteiger partial charge on any atom is -0.310 e. The molecule has 1 aromatic carbocycles. The molecule has 16 heavy (non-hydrogen) atoms. The fourth-order valence-electron chi connectivity index (χ4n) is 1.49. The summed E-state index contributed by atoms with van der Waals surface area (Å²) in [7, 11) is 0. The van der Waals surface area contributed by atoms with Crippen LogP contribution in [0.3, 0.4) is 0 Å². The molecule has 0 fully saturated rings. The molecule has 0 bridgehead atoms. The van der Waals surface area contributed by atoms with Gasteiger partial charge in [-0.3, -0.25) is 0 Å².